The minimum Gasteiger partial charge on any atom is -0.379 e. The average molecular weight is 425 g/mol. The van der Waals surface area contributed by atoms with Gasteiger partial charge in [0.05, 0.1) is 25.5 Å². The van der Waals surface area contributed by atoms with Crippen molar-refractivity contribution in [3.05, 3.63) is 35.4 Å². The number of nitrogens with zero attached hydrogens (tertiary/aromatic N) is 2. The molecule has 29 heavy (non-hydrogen) atoms. The van der Waals surface area contributed by atoms with E-state index in [1.807, 2.05) is 24.3 Å². The molecule has 1 aromatic rings. The molecule has 0 aromatic heterocycles. The molecule has 0 unspecified atom stereocenters. The summed E-state index contributed by atoms with van der Waals surface area (Å²) >= 11 is 0. The number of nitrogens with one attached hydrogen (secondary N) is 1. The van der Waals surface area contributed by atoms with Crippen molar-refractivity contribution < 1.29 is 13.2 Å². The van der Waals surface area contributed by atoms with E-state index in [9.17, 15) is 8.42 Å². The molecule has 2 rings (SSSR count). The molecular weight excluding hydrogens is 388 g/mol. The number of hydrogen-bond acceptors (Lipinski definition) is 4. The molecular formula is C21H36N4O3S. The first-order valence-electron chi connectivity index (χ1n) is 10.7. The fraction of sp³-hybridized carbons (Fsp3) is 0.667. The van der Waals surface area contributed by atoms with E-state index in [1.54, 1.807) is 0 Å². The Bertz CT molecular complexity index is 731. The maximum Gasteiger partial charge on any atom is 0.218 e. The van der Waals surface area contributed by atoms with Crippen molar-refractivity contribution in [1.29, 1.82) is 0 Å². The van der Waals surface area contributed by atoms with Gasteiger partial charge in [-0.1, -0.05) is 63.3 Å². The van der Waals surface area contributed by atoms with Crippen LogP contribution in [0.1, 0.15) is 56.6 Å². The first-order chi connectivity index (χ1) is 14.0. The number of sulfonamides is 1. The number of rotatable bonds is 12. The van der Waals surface area contributed by atoms with E-state index in [0.29, 0.717) is 38.8 Å². The molecule has 1 aliphatic heterocycles. The van der Waals surface area contributed by atoms with E-state index < -0.39 is 10.0 Å². The molecule has 0 amide bonds. The summed E-state index contributed by atoms with van der Waals surface area (Å²) in [5.41, 5.74) is 7.63. The first-order valence-corrected chi connectivity index (χ1v) is 12.3. The van der Waals surface area contributed by atoms with Crippen molar-refractivity contribution in [2.75, 3.05) is 32.8 Å². The Kier molecular flexibility index (Phi) is 10.5. The van der Waals surface area contributed by atoms with Crippen LogP contribution in [-0.4, -0.2) is 51.5 Å². The van der Waals surface area contributed by atoms with E-state index >= 15 is 0 Å². The lowest BCUT2D eigenvalue weighted by atomic mass is 10.1. The molecule has 0 saturated carbocycles. The second kappa shape index (κ2) is 12.8. The van der Waals surface area contributed by atoms with Crippen LogP contribution in [0.2, 0.25) is 0 Å². The molecule has 0 bridgehead atoms. The molecule has 0 radical (unpaired) electrons. The first kappa shape index (κ1) is 23.6. The highest BCUT2D eigenvalue weighted by molar-refractivity contribution is 7.88. The third-order valence-corrected chi connectivity index (χ3v) is 6.90. The summed E-state index contributed by atoms with van der Waals surface area (Å²) in [5, 5.41) is 3.15. The predicted molar refractivity (Wildman–Crippen MR) is 118 cm³/mol. The number of ether oxygens (including phenoxy) is 1. The maximum absolute atomic E-state index is 12.7. The van der Waals surface area contributed by atoms with Gasteiger partial charge in [0.15, 0.2) is 5.96 Å². The van der Waals surface area contributed by atoms with Crippen LogP contribution in [0.25, 0.3) is 0 Å². The highest BCUT2D eigenvalue weighted by atomic mass is 32.2. The smallest absolute Gasteiger partial charge is 0.218 e. The van der Waals surface area contributed by atoms with Gasteiger partial charge in [-0.3, -0.25) is 0 Å². The van der Waals surface area contributed by atoms with Crippen molar-refractivity contribution in [3.8, 4) is 0 Å². The number of morpholine rings is 1. The third-order valence-electron chi connectivity index (χ3n) is 5.08. The summed E-state index contributed by atoms with van der Waals surface area (Å²) in [6.45, 7) is 5.13. The summed E-state index contributed by atoms with van der Waals surface area (Å²) in [4.78, 5) is 4.40. The van der Waals surface area contributed by atoms with Crippen molar-refractivity contribution in [3.63, 3.8) is 0 Å². The Morgan fingerprint density at radius 1 is 1.10 bits per heavy atom. The minimum atomic E-state index is -3.37. The summed E-state index contributed by atoms with van der Waals surface area (Å²) in [6, 6.07) is 7.52. The molecule has 7 nitrogen and oxygen atoms in total. The van der Waals surface area contributed by atoms with Gasteiger partial charge in [0.1, 0.15) is 0 Å². The van der Waals surface area contributed by atoms with Gasteiger partial charge in [-0.05, 0) is 17.5 Å². The van der Waals surface area contributed by atoms with Crippen molar-refractivity contribution in [2.45, 2.75) is 57.7 Å². The quantitative estimate of drug-likeness (QED) is 0.305. The van der Waals surface area contributed by atoms with Gasteiger partial charge in [-0.15, -0.1) is 0 Å². The van der Waals surface area contributed by atoms with Gasteiger partial charge in [-0.2, -0.15) is 4.31 Å². The standard InChI is InChI=1S/C21H36N4O3S/c1-2-3-4-5-6-9-12-23-21(22)24-17-19-10-7-8-11-20(19)18-29(26,27)25-13-15-28-16-14-25/h7-8,10-11H,2-6,9,12-18H2,1H3,(H3,22,23,24). The van der Waals surface area contributed by atoms with Gasteiger partial charge >= 0.3 is 0 Å². The summed E-state index contributed by atoms with van der Waals surface area (Å²) in [6.07, 6.45) is 7.39. The Hall–Kier alpha value is -1.64. The second-order valence-corrected chi connectivity index (χ2v) is 9.40. The van der Waals surface area contributed by atoms with Crippen LogP contribution in [-0.2, 0) is 27.1 Å². The molecule has 164 valence electrons. The van der Waals surface area contributed by atoms with Gasteiger partial charge < -0.3 is 15.8 Å². The molecule has 1 fully saturated rings. The highest BCUT2D eigenvalue weighted by Crippen LogP contribution is 2.17. The molecule has 0 spiro atoms. The fourth-order valence-corrected chi connectivity index (χ4v) is 4.88. The SMILES string of the molecule is CCCCCCCCNC(N)=NCc1ccccc1CS(=O)(=O)N1CCOCC1. The fourth-order valence-electron chi connectivity index (χ4n) is 3.31. The lowest BCUT2D eigenvalue weighted by Gasteiger charge is -2.26. The van der Waals surface area contributed by atoms with Crippen LogP contribution in [0.3, 0.4) is 0 Å². The summed E-state index contributed by atoms with van der Waals surface area (Å²) < 4.78 is 32.2. The van der Waals surface area contributed by atoms with Crippen LogP contribution >= 0.6 is 0 Å². The van der Waals surface area contributed by atoms with E-state index in [-0.39, 0.29) is 5.75 Å². The zero-order chi connectivity index (χ0) is 21.0. The topological polar surface area (TPSA) is 97.0 Å². The van der Waals surface area contributed by atoms with Gasteiger partial charge in [0.25, 0.3) is 0 Å². The van der Waals surface area contributed by atoms with Gasteiger partial charge in [-0.25, -0.2) is 13.4 Å². The molecule has 1 heterocycles. The number of hydrogen-bond donors (Lipinski definition) is 2. The monoisotopic (exact) mass is 424 g/mol. The van der Waals surface area contributed by atoms with Crippen LogP contribution < -0.4 is 11.1 Å². The summed E-state index contributed by atoms with van der Waals surface area (Å²) in [5.74, 6) is 0.383. The minimum absolute atomic E-state index is 0.0240. The second-order valence-electron chi connectivity index (χ2n) is 7.43. The van der Waals surface area contributed by atoms with Gasteiger partial charge in [0.2, 0.25) is 10.0 Å². The van der Waals surface area contributed by atoms with E-state index in [0.717, 1.165) is 24.1 Å². The van der Waals surface area contributed by atoms with Gasteiger partial charge in [0, 0.05) is 19.6 Å². The molecule has 0 atom stereocenters. The number of nitrogens with two attached hydrogens (primary N) is 1. The van der Waals surface area contributed by atoms with Crippen molar-refractivity contribution in [1.82, 2.24) is 9.62 Å². The lowest BCUT2D eigenvalue weighted by molar-refractivity contribution is 0.0729. The molecule has 8 heteroatoms. The van der Waals surface area contributed by atoms with Crippen molar-refractivity contribution >= 4 is 16.0 Å². The number of unbranched alkanes of at least 4 members (excludes halogenated alkanes) is 5. The number of benzene rings is 1. The molecule has 0 aliphatic carbocycles. The van der Waals surface area contributed by atoms with Crippen LogP contribution in [0.4, 0.5) is 0 Å². The Balaban J connectivity index is 1.84. The van der Waals surface area contributed by atoms with Crippen molar-refractivity contribution in [2.24, 2.45) is 10.7 Å². The van der Waals surface area contributed by atoms with Crippen LogP contribution in [0.5, 0.6) is 0 Å². The predicted octanol–water partition coefficient (Wildman–Crippen LogP) is 2.61. The third kappa shape index (κ3) is 8.72. The Morgan fingerprint density at radius 3 is 2.48 bits per heavy atom. The number of guanidine groups is 1. The van der Waals surface area contributed by atoms with E-state index in [4.69, 9.17) is 10.5 Å². The van der Waals surface area contributed by atoms with E-state index in [2.05, 4.69) is 17.2 Å². The molecule has 1 saturated heterocycles. The largest absolute Gasteiger partial charge is 0.379 e. The molecule has 1 aliphatic rings. The maximum atomic E-state index is 12.7. The summed E-state index contributed by atoms with van der Waals surface area (Å²) in [7, 11) is -3.37. The number of aliphatic imine (C=N–C) groups is 1. The average Bonchev–Trinajstić information content (AvgIpc) is 2.73. The van der Waals surface area contributed by atoms with E-state index in [1.165, 1.54) is 36.4 Å². The normalized spacial score (nSPS) is 16.1. The Morgan fingerprint density at radius 2 is 1.76 bits per heavy atom. The van der Waals surface area contributed by atoms with Crippen LogP contribution in [0.15, 0.2) is 29.3 Å². The Labute approximate surface area is 175 Å². The highest BCUT2D eigenvalue weighted by Gasteiger charge is 2.25. The molecule has 3 N–H and O–H groups in total. The molecule has 1 aromatic carbocycles. The zero-order valence-corrected chi connectivity index (χ0v) is 18.4. The zero-order valence-electron chi connectivity index (χ0n) is 17.6. The van der Waals surface area contributed by atoms with Crippen LogP contribution in [0, 0.1) is 0 Å². The lowest BCUT2D eigenvalue weighted by Crippen LogP contribution is -2.41.